The standard InChI is InChI=1S/C20H24N6O2S2/c1-15-23-24-20(26(15)16-5-3-2-4-6-16)30-14-18-22-17(13-29-18)19(27)21-7-8-25-9-11-28-12-10-25/h2-6,13H,7-12,14H2,1H3,(H,21,27). The average molecular weight is 445 g/mol. The Hall–Kier alpha value is -2.27. The number of aryl methyl sites for hydroxylation is 1. The Morgan fingerprint density at radius 3 is 2.83 bits per heavy atom. The molecule has 3 aromatic rings. The highest BCUT2D eigenvalue weighted by Crippen LogP contribution is 2.26. The number of ether oxygens (including phenoxy) is 1. The summed E-state index contributed by atoms with van der Waals surface area (Å²) in [6, 6.07) is 10.0. The fraction of sp³-hybridized carbons (Fsp3) is 0.400. The van der Waals surface area contributed by atoms with Crippen molar-refractivity contribution in [1.82, 2.24) is 30.0 Å². The summed E-state index contributed by atoms with van der Waals surface area (Å²) >= 11 is 3.05. The van der Waals surface area contributed by atoms with Gasteiger partial charge in [-0.05, 0) is 19.1 Å². The first-order valence-electron chi connectivity index (χ1n) is 9.83. The number of rotatable bonds is 8. The molecule has 1 fully saturated rings. The summed E-state index contributed by atoms with van der Waals surface area (Å²) in [7, 11) is 0. The van der Waals surface area contributed by atoms with E-state index >= 15 is 0 Å². The van der Waals surface area contributed by atoms with E-state index < -0.39 is 0 Å². The molecule has 4 rings (SSSR count). The molecule has 0 aliphatic carbocycles. The predicted octanol–water partition coefficient (Wildman–Crippen LogP) is 2.39. The van der Waals surface area contributed by atoms with Gasteiger partial charge in [0.2, 0.25) is 0 Å². The van der Waals surface area contributed by atoms with Crippen molar-refractivity contribution in [2.24, 2.45) is 0 Å². The zero-order chi connectivity index (χ0) is 20.8. The molecule has 10 heteroatoms. The van der Waals surface area contributed by atoms with Crippen molar-refractivity contribution in [2.75, 3.05) is 39.4 Å². The van der Waals surface area contributed by atoms with Gasteiger partial charge < -0.3 is 10.1 Å². The van der Waals surface area contributed by atoms with Crippen LogP contribution in [0.3, 0.4) is 0 Å². The Morgan fingerprint density at radius 1 is 1.23 bits per heavy atom. The second kappa shape index (κ2) is 10.2. The van der Waals surface area contributed by atoms with E-state index in [9.17, 15) is 4.79 Å². The van der Waals surface area contributed by atoms with E-state index in [1.807, 2.05) is 47.2 Å². The van der Waals surface area contributed by atoms with Crippen LogP contribution in [-0.4, -0.2) is 69.9 Å². The molecule has 8 nitrogen and oxygen atoms in total. The van der Waals surface area contributed by atoms with Crippen molar-refractivity contribution in [3.8, 4) is 5.69 Å². The maximum absolute atomic E-state index is 12.4. The molecule has 1 amide bonds. The molecule has 158 valence electrons. The predicted molar refractivity (Wildman–Crippen MR) is 117 cm³/mol. The van der Waals surface area contributed by atoms with Crippen LogP contribution in [0.1, 0.15) is 21.3 Å². The number of hydrogen-bond acceptors (Lipinski definition) is 8. The largest absolute Gasteiger partial charge is 0.379 e. The molecule has 0 atom stereocenters. The number of nitrogens with one attached hydrogen (secondary N) is 1. The normalized spacial score (nSPS) is 14.7. The maximum atomic E-state index is 12.4. The second-order valence-corrected chi connectivity index (χ2v) is 8.71. The van der Waals surface area contributed by atoms with Crippen LogP contribution in [-0.2, 0) is 10.5 Å². The molecule has 0 unspecified atom stereocenters. The number of morpholine rings is 1. The number of aromatic nitrogens is 4. The fourth-order valence-electron chi connectivity index (χ4n) is 3.16. The van der Waals surface area contributed by atoms with E-state index in [1.54, 1.807) is 11.8 Å². The summed E-state index contributed by atoms with van der Waals surface area (Å²) in [5.74, 6) is 1.35. The average Bonchev–Trinajstić information content (AvgIpc) is 3.40. The summed E-state index contributed by atoms with van der Waals surface area (Å²) in [6.45, 7) is 6.74. The van der Waals surface area contributed by atoms with Gasteiger partial charge in [0.05, 0.1) is 19.0 Å². The summed E-state index contributed by atoms with van der Waals surface area (Å²) in [6.07, 6.45) is 0. The molecule has 3 heterocycles. The van der Waals surface area contributed by atoms with Crippen molar-refractivity contribution in [1.29, 1.82) is 0 Å². The highest BCUT2D eigenvalue weighted by molar-refractivity contribution is 7.98. The minimum absolute atomic E-state index is 0.126. The topological polar surface area (TPSA) is 85.2 Å². The van der Waals surface area contributed by atoms with Crippen molar-refractivity contribution in [3.63, 3.8) is 0 Å². The maximum Gasteiger partial charge on any atom is 0.270 e. The lowest BCUT2D eigenvalue weighted by atomic mass is 10.3. The molecule has 30 heavy (non-hydrogen) atoms. The number of para-hydroxylation sites is 1. The first kappa shape index (κ1) is 21.0. The molecule has 1 aliphatic rings. The monoisotopic (exact) mass is 444 g/mol. The van der Waals surface area contributed by atoms with Crippen LogP contribution in [0.15, 0.2) is 40.9 Å². The molecular weight excluding hydrogens is 420 g/mol. The quantitative estimate of drug-likeness (QED) is 0.534. The number of amides is 1. The Labute approximate surface area is 183 Å². The van der Waals surface area contributed by atoms with Gasteiger partial charge >= 0.3 is 0 Å². The van der Waals surface area contributed by atoms with Gasteiger partial charge in [-0.1, -0.05) is 30.0 Å². The number of thioether (sulfide) groups is 1. The molecule has 0 bridgehead atoms. The third kappa shape index (κ3) is 5.25. The van der Waals surface area contributed by atoms with Gasteiger partial charge in [-0.3, -0.25) is 14.3 Å². The van der Waals surface area contributed by atoms with Gasteiger partial charge in [0.1, 0.15) is 16.5 Å². The van der Waals surface area contributed by atoms with Gasteiger partial charge in [-0.2, -0.15) is 0 Å². The molecule has 1 N–H and O–H groups in total. The Balaban J connectivity index is 1.30. The Bertz CT molecular complexity index is 969. The zero-order valence-corrected chi connectivity index (χ0v) is 18.4. The van der Waals surface area contributed by atoms with Crippen molar-refractivity contribution >= 4 is 29.0 Å². The first-order valence-corrected chi connectivity index (χ1v) is 11.7. The van der Waals surface area contributed by atoms with Crippen LogP contribution in [0.2, 0.25) is 0 Å². The van der Waals surface area contributed by atoms with Gasteiger partial charge in [-0.15, -0.1) is 21.5 Å². The first-order chi connectivity index (χ1) is 14.7. The third-order valence-corrected chi connectivity index (χ3v) is 6.71. The molecule has 2 aromatic heterocycles. The molecule has 1 saturated heterocycles. The lowest BCUT2D eigenvalue weighted by molar-refractivity contribution is 0.0383. The SMILES string of the molecule is Cc1nnc(SCc2nc(C(=O)NCCN3CCOCC3)cs2)n1-c1ccccc1. The number of hydrogen-bond donors (Lipinski definition) is 1. The van der Waals surface area contributed by atoms with E-state index in [-0.39, 0.29) is 5.91 Å². The number of thiazole rings is 1. The highest BCUT2D eigenvalue weighted by atomic mass is 32.2. The highest BCUT2D eigenvalue weighted by Gasteiger charge is 2.15. The van der Waals surface area contributed by atoms with Crippen molar-refractivity contribution in [2.45, 2.75) is 17.8 Å². The van der Waals surface area contributed by atoms with E-state index in [0.29, 0.717) is 18.0 Å². The van der Waals surface area contributed by atoms with Crippen molar-refractivity contribution in [3.05, 3.63) is 52.2 Å². The zero-order valence-electron chi connectivity index (χ0n) is 16.8. The van der Waals surface area contributed by atoms with Gasteiger partial charge in [0.25, 0.3) is 5.91 Å². The Kier molecular flexibility index (Phi) is 7.11. The van der Waals surface area contributed by atoms with Gasteiger partial charge in [-0.25, -0.2) is 4.98 Å². The van der Waals surface area contributed by atoms with Crippen LogP contribution in [0.4, 0.5) is 0 Å². The molecular formula is C20H24N6O2S2. The van der Waals surface area contributed by atoms with E-state index in [0.717, 1.165) is 54.5 Å². The molecule has 1 aliphatic heterocycles. The van der Waals surface area contributed by atoms with E-state index in [2.05, 4.69) is 25.4 Å². The number of carbonyl (C=O) groups excluding carboxylic acids is 1. The van der Waals surface area contributed by atoms with Crippen LogP contribution >= 0.6 is 23.1 Å². The van der Waals surface area contributed by atoms with E-state index in [1.165, 1.54) is 11.3 Å². The molecule has 0 saturated carbocycles. The summed E-state index contributed by atoms with van der Waals surface area (Å²) < 4.78 is 7.36. The molecule has 0 spiro atoms. The fourth-order valence-corrected chi connectivity index (χ4v) is 4.95. The summed E-state index contributed by atoms with van der Waals surface area (Å²) in [5.41, 5.74) is 1.50. The Morgan fingerprint density at radius 2 is 2.03 bits per heavy atom. The minimum Gasteiger partial charge on any atom is -0.379 e. The van der Waals surface area contributed by atoms with Gasteiger partial charge in [0.15, 0.2) is 5.16 Å². The van der Waals surface area contributed by atoms with Crippen LogP contribution < -0.4 is 5.32 Å². The van der Waals surface area contributed by atoms with E-state index in [4.69, 9.17) is 4.74 Å². The van der Waals surface area contributed by atoms with Crippen LogP contribution in [0.25, 0.3) is 5.69 Å². The van der Waals surface area contributed by atoms with Gasteiger partial charge in [0, 0.05) is 37.2 Å². The van der Waals surface area contributed by atoms with Crippen LogP contribution in [0, 0.1) is 6.92 Å². The smallest absolute Gasteiger partial charge is 0.270 e. The summed E-state index contributed by atoms with van der Waals surface area (Å²) in [4.78, 5) is 19.2. The molecule has 1 aromatic carbocycles. The summed E-state index contributed by atoms with van der Waals surface area (Å²) in [5, 5.41) is 15.0. The third-order valence-electron chi connectivity index (χ3n) is 4.74. The lowest BCUT2D eigenvalue weighted by Crippen LogP contribution is -2.41. The number of nitrogens with zero attached hydrogens (tertiary/aromatic N) is 5. The second-order valence-electron chi connectivity index (χ2n) is 6.83. The number of benzene rings is 1. The van der Waals surface area contributed by atoms with Crippen LogP contribution in [0.5, 0.6) is 0 Å². The lowest BCUT2D eigenvalue weighted by Gasteiger charge is -2.26. The number of carbonyl (C=O) groups is 1. The van der Waals surface area contributed by atoms with Crippen molar-refractivity contribution < 1.29 is 9.53 Å². The minimum atomic E-state index is -0.126. The molecule has 0 radical (unpaired) electrons.